The average Bonchev–Trinajstić information content (AvgIpc) is 3.71. The van der Waals surface area contributed by atoms with E-state index in [0.717, 1.165) is 74.9 Å². The third-order valence-corrected chi connectivity index (χ3v) is 9.38. The molecule has 10 nitrogen and oxygen atoms in total. The quantitative estimate of drug-likeness (QED) is 0.425. The molecule has 5 heterocycles. The zero-order chi connectivity index (χ0) is 29.5. The van der Waals surface area contributed by atoms with Crippen LogP contribution in [0.4, 0.5) is 0 Å². The Kier molecular flexibility index (Phi) is 7.48. The standard InChI is InChI=1S/C33H37N5O5/c1-36-29(23-4-2-21(3-5-23)22-11-14-42-15-12-22)17-34-30(36)20-37-13-10-26(19-37)43-25-6-7-27-24(16-25)18-38(33(27)41)28-8-9-31(39)35-32(28)40/h2-7,16-17,22,26,28H,8-15,18-20H2,1H3,(H,35,39,40)/t26-,28?/m0/s1. The Balaban J connectivity index is 0.951. The molecular formula is C33H37N5O5. The molecule has 2 atom stereocenters. The highest BCUT2D eigenvalue weighted by Gasteiger charge is 2.39. The molecule has 1 unspecified atom stereocenters. The van der Waals surface area contributed by atoms with Gasteiger partial charge >= 0.3 is 0 Å². The highest BCUT2D eigenvalue weighted by molar-refractivity contribution is 6.05. The van der Waals surface area contributed by atoms with Gasteiger partial charge in [-0.05, 0) is 66.5 Å². The number of imidazole rings is 1. The van der Waals surface area contributed by atoms with Gasteiger partial charge in [-0.25, -0.2) is 4.98 Å². The van der Waals surface area contributed by atoms with Crippen molar-refractivity contribution in [1.29, 1.82) is 0 Å². The zero-order valence-corrected chi connectivity index (χ0v) is 24.5. The van der Waals surface area contributed by atoms with Gasteiger partial charge in [0.2, 0.25) is 11.8 Å². The van der Waals surface area contributed by atoms with E-state index in [1.807, 2.05) is 18.3 Å². The second-order valence-electron chi connectivity index (χ2n) is 12.1. The first-order chi connectivity index (χ1) is 20.9. The Morgan fingerprint density at radius 1 is 1.02 bits per heavy atom. The molecule has 224 valence electrons. The van der Waals surface area contributed by atoms with E-state index in [9.17, 15) is 14.4 Å². The van der Waals surface area contributed by atoms with Crippen molar-refractivity contribution in [1.82, 2.24) is 24.7 Å². The number of nitrogens with zero attached hydrogens (tertiary/aromatic N) is 4. The van der Waals surface area contributed by atoms with E-state index < -0.39 is 11.9 Å². The number of fused-ring (bicyclic) bond motifs is 1. The second-order valence-corrected chi connectivity index (χ2v) is 12.1. The Morgan fingerprint density at radius 2 is 1.84 bits per heavy atom. The van der Waals surface area contributed by atoms with Crippen molar-refractivity contribution in [3.8, 4) is 17.0 Å². The molecule has 2 aromatic carbocycles. The number of likely N-dealkylation sites (tertiary alicyclic amines) is 1. The lowest BCUT2D eigenvalue weighted by Gasteiger charge is -2.29. The molecule has 3 fully saturated rings. The molecule has 7 rings (SSSR count). The normalized spacial score (nSPS) is 23.1. The largest absolute Gasteiger partial charge is 0.489 e. The predicted molar refractivity (Wildman–Crippen MR) is 158 cm³/mol. The van der Waals surface area contributed by atoms with Gasteiger partial charge in [-0.3, -0.25) is 24.6 Å². The first kappa shape index (κ1) is 27.8. The molecule has 0 aliphatic carbocycles. The predicted octanol–water partition coefficient (Wildman–Crippen LogP) is 3.40. The minimum absolute atomic E-state index is 0.0406. The van der Waals surface area contributed by atoms with Gasteiger partial charge in [0.15, 0.2) is 0 Å². The van der Waals surface area contributed by atoms with Crippen LogP contribution in [0.3, 0.4) is 0 Å². The van der Waals surface area contributed by atoms with Crippen LogP contribution < -0.4 is 10.1 Å². The molecule has 4 aliphatic rings. The van der Waals surface area contributed by atoms with Crippen LogP contribution in [-0.2, 0) is 34.5 Å². The third-order valence-electron chi connectivity index (χ3n) is 9.38. The van der Waals surface area contributed by atoms with Crippen molar-refractivity contribution in [2.24, 2.45) is 7.05 Å². The van der Waals surface area contributed by atoms with Gasteiger partial charge < -0.3 is 18.9 Å². The Morgan fingerprint density at radius 3 is 2.63 bits per heavy atom. The molecular weight excluding hydrogens is 546 g/mol. The molecule has 0 saturated carbocycles. The van der Waals surface area contributed by atoms with Gasteiger partial charge in [-0.1, -0.05) is 24.3 Å². The smallest absolute Gasteiger partial charge is 0.255 e. The van der Waals surface area contributed by atoms with E-state index in [0.29, 0.717) is 24.4 Å². The highest BCUT2D eigenvalue weighted by atomic mass is 16.5. The molecule has 3 aromatic rings. The zero-order valence-electron chi connectivity index (χ0n) is 24.5. The fourth-order valence-corrected chi connectivity index (χ4v) is 6.87. The van der Waals surface area contributed by atoms with Crippen LogP contribution in [0.15, 0.2) is 48.7 Å². The van der Waals surface area contributed by atoms with Crippen molar-refractivity contribution in [2.45, 2.75) is 63.3 Å². The van der Waals surface area contributed by atoms with Crippen LogP contribution in [0.2, 0.25) is 0 Å². The number of carbonyl (C=O) groups is 3. The summed E-state index contributed by atoms with van der Waals surface area (Å²) in [4.78, 5) is 45.6. The summed E-state index contributed by atoms with van der Waals surface area (Å²) in [7, 11) is 2.08. The van der Waals surface area contributed by atoms with Crippen LogP contribution in [0.25, 0.3) is 11.3 Å². The van der Waals surface area contributed by atoms with Crippen LogP contribution in [0.5, 0.6) is 5.75 Å². The van der Waals surface area contributed by atoms with Gasteiger partial charge in [0.1, 0.15) is 23.7 Å². The van der Waals surface area contributed by atoms with E-state index >= 15 is 0 Å². The minimum Gasteiger partial charge on any atom is -0.489 e. The second kappa shape index (κ2) is 11.6. The van der Waals surface area contributed by atoms with Gasteiger partial charge in [-0.15, -0.1) is 0 Å². The van der Waals surface area contributed by atoms with Gasteiger partial charge in [0, 0.05) is 51.9 Å². The first-order valence-electron chi connectivity index (χ1n) is 15.3. The number of rotatable bonds is 7. The van der Waals surface area contributed by atoms with Gasteiger partial charge in [0.05, 0.1) is 18.4 Å². The molecule has 1 aromatic heterocycles. The number of nitrogens with one attached hydrogen (secondary N) is 1. The molecule has 3 amide bonds. The van der Waals surface area contributed by atoms with Gasteiger partial charge in [0.25, 0.3) is 5.91 Å². The van der Waals surface area contributed by atoms with E-state index in [1.54, 1.807) is 11.0 Å². The summed E-state index contributed by atoms with van der Waals surface area (Å²) in [5.74, 6) is 1.48. The first-order valence-corrected chi connectivity index (χ1v) is 15.3. The maximum absolute atomic E-state index is 13.0. The van der Waals surface area contributed by atoms with E-state index in [4.69, 9.17) is 14.5 Å². The number of carbonyl (C=O) groups excluding carboxylic acids is 3. The maximum Gasteiger partial charge on any atom is 0.255 e. The van der Waals surface area contributed by atoms with Crippen LogP contribution >= 0.6 is 0 Å². The molecule has 0 bridgehead atoms. The molecule has 3 saturated heterocycles. The van der Waals surface area contributed by atoms with Crippen molar-refractivity contribution < 1.29 is 23.9 Å². The monoisotopic (exact) mass is 583 g/mol. The average molecular weight is 584 g/mol. The third kappa shape index (κ3) is 5.57. The Labute approximate surface area is 251 Å². The summed E-state index contributed by atoms with van der Waals surface area (Å²) in [5.41, 5.74) is 5.11. The lowest BCUT2D eigenvalue weighted by atomic mass is 9.91. The number of piperidine rings is 1. The number of hydrogen-bond donors (Lipinski definition) is 1. The Hall–Kier alpha value is -4.02. The highest BCUT2D eigenvalue weighted by Crippen LogP contribution is 2.32. The van der Waals surface area contributed by atoms with Crippen LogP contribution in [0, 0.1) is 0 Å². The maximum atomic E-state index is 13.0. The molecule has 0 spiro atoms. The number of amides is 3. The van der Waals surface area contributed by atoms with Crippen molar-refractivity contribution in [2.75, 3.05) is 26.3 Å². The summed E-state index contributed by atoms with van der Waals surface area (Å²) in [5, 5.41) is 2.35. The van der Waals surface area contributed by atoms with Crippen molar-refractivity contribution in [3.05, 3.63) is 71.2 Å². The summed E-state index contributed by atoms with van der Waals surface area (Å²) in [6.07, 6.45) is 5.68. The molecule has 43 heavy (non-hydrogen) atoms. The lowest BCUT2D eigenvalue weighted by Crippen LogP contribution is -2.52. The fourth-order valence-electron chi connectivity index (χ4n) is 6.87. The summed E-state index contributed by atoms with van der Waals surface area (Å²) < 4.78 is 14.1. The van der Waals surface area contributed by atoms with Crippen LogP contribution in [-0.4, -0.2) is 75.5 Å². The lowest BCUT2D eigenvalue weighted by molar-refractivity contribution is -0.136. The van der Waals surface area contributed by atoms with E-state index in [1.165, 1.54) is 11.1 Å². The van der Waals surface area contributed by atoms with E-state index in [2.05, 4.69) is 46.1 Å². The number of benzene rings is 2. The molecule has 4 aliphatic heterocycles. The summed E-state index contributed by atoms with van der Waals surface area (Å²) >= 11 is 0. The number of imide groups is 1. The summed E-state index contributed by atoms with van der Waals surface area (Å²) in [6.45, 7) is 4.49. The minimum atomic E-state index is -0.617. The molecule has 10 heteroatoms. The van der Waals surface area contributed by atoms with E-state index in [-0.39, 0.29) is 24.3 Å². The van der Waals surface area contributed by atoms with Crippen molar-refractivity contribution >= 4 is 17.7 Å². The fraction of sp³-hybridized carbons (Fsp3) is 0.455. The number of hydrogen-bond acceptors (Lipinski definition) is 7. The SMILES string of the molecule is Cn1c(-c2ccc(C3CCOCC3)cc2)cnc1CN1CC[C@H](Oc2ccc3c(c2)CN(C2CCC(=O)NC2=O)C3=O)C1. The van der Waals surface area contributed by atoms with Crippen molar-refractivity contribution in [3.63, 3.8) is 0 Å². The molecule has 1 N–H and O–H groups in total. The molecule has 0 radical (unpaired) electrons. The number of ether oxygens (including phenoxy) is 2. The Bertz CT molecular complexity index is 1540. The topological polar surface area (TPSA) is 106 Å². The van der Waals surface area contributed by atoms with Gasteiger partial charge in [-0.2, -0.15) is 0 Å². The summed E-state index contributed by atoms with van der Waals surface area (Å²) in [6, 6.07) is 13.8. The number of aromatic nitrogens is 2. The van der Waals surface area contributed by atoms with Crippen LogP contribution in [0.1, 0.15) is 65.3 Å².